The van der Waals surface area contributed by atoms with Crippen LogP contribution in [0.25, 0.3) is 11.4 Å². The van der Waals surface area contributed by atoms with Crippen molar-refractivity contribution in [3.8, 4) is 17.1 Å². The molecular weight excluding hydrogens is 426 g/mol. The minimum absolute atomic E-state index is 0.138. The van der Waals surface area contributed by atoms with E-state index in [9.17, 15) is 4.79 Å². The molecule has 32 heavy (non-hydrogen) atoms. The highest BCUT2D eigenvalue weighted by atomic mass is 32.1. The van der Waals surface area contributed by atoms with Gasteiger partial charge in [-0.25, -0.2) is 9.97 Å². The van der Waals surface area contributed by atoms with Crippen molar-refractivity contribution in [1.82, 2.24) is 19.9 Å². The van der Waals surface area contributed by atoms with E-state index in [-0.39, 0.29) is 11.7 Å². The van der Waals surface area contributed by atoms with Gasteiger partial charge in [0.1, 0.15) is 33.9 Å². The zero-order chi connectivity index (χ0) is 22.9. The van der Waals surface area contributed by atoms with E-state index < -0.39 is 5.54 Å². The summed E-state index contributed by atoms with van der Waals surface area (Å²) in [5, 5.41) is 9.76. The predicted octanol–water partition coefficient (Wildman–Crippen LogP) is 2.84. The molecule has 0 spiro atoms. The molecule has 1 aliphatic heterocycles. The van der Waals surface area contributed by atoms with Gasteiger partial charge in [0.05, 0.1) is 12.8 Å². The summed E-state index contributed by atoms with van der Waals surface area (Å²) in [5.41, 5.74) is 2.20. The molecule has 2 N–H and O–H groups in total. The first-order valence-electron chi connectivity index (χ1n) is 10.6. The SMILES string of the molecule is CCO[C@H]1CNC[C@]1(Nc1c(C)nc(-c2ccc(OC)cc2C)n(C)c1=O)c1nccs1. The van der Waals surface area contributed by atoms with Crippen LogP contribution in [0.5, 0.6) is 5.75 Å². The zero-order valence-corrected chi connectivity index (χ0v) is 19.9. The Kier molecular flexibility index (Phi) is 6.32. The number of hydrogen-bond acceptors (Lipinski definition) is 8. The second-order valence-corrected chi connectivity index (χ2v) is 8.84. The molecule has 1 fully saturated rings. The maximum atomic E-state index is 13.5. The van der Waals surface area contributed by atoms with Gasteiger partial charge in [-0.1, -0.05) is 0 Å². The number of methoxy groups -OCH3 is 1. The average molecular weight is 456 g/mol. The average Bonchev–Trinajstić information content (AvgIpc) is 3.45. The van der Waals surface area contributed by atoms with Crippen molar-refractivity contribution in [2.75, 3.05) is 32.1 Å². The molecule has 1 saturated heterocycles. The quantitative estimate of drug-likeness (QED) is 0.566. The van der Waals surface area contributed by atoms with Crippen LogP contribution in [-0.2, 0) is 17.3 Å². The first-order chi connectivity index (χ1) is 15.4. The zero-order valence-electron chi connectivity index (χ0n) is 19.1. The lowest BCUT2D eigenvalue weighted by Crippen LogP contribution is -2.49. The van der Waals surface area contributed by atoms with Crippen LogP contribution in [-0.4, -0.2) is 47.4 Å². The Bertz CT molecular complexity index is 1160. The third kappa shape index (κ3) is 3.80. The van der Waals surface area contributed by atoms with Crippen molar-refractivity contribution in [2.24, 2.45) is 7.05 Å². The largest absolute Gasteiger partial charge is 0.497 e. The Morgan fingerprint density at radius 2 is 2.19 bits per heavy atom. The van der Waals surface area contributed by atoms with Crippen molar-refractivity contribution in [3.05, 3.63) is 56.4 Å². The van der Waals surface area contributed by atoms with E-state index in [0.717, 1.165) is 21.9 Å². The molecule has 0 aliphatic carbocycles. The lowest BCUT2D eigenvalue weighted by molar-refractivity contribution is 0.0396. The molecule has 4 rings (SSSR count). The molecule has 0 unspecified atom stereocenters. The second kappa shape index (κ2) is 9.01. The number of thiazole rings is 1. The number of aryl methyl sites for hydroxylation is 2. The van der Waals surface area contributed by atoms with Gasteiger partial charge in [0.2, 0.25) is 0 Å². The van der Waals surface area contributed by atoms with Crippen molar-refractivity contribution >= 4 is 17.0 Å². The molecule has 170 valence electrons. The summed E-state index contributed by atoms with van der Waals surface area (Å²) in [5.74, 6) is 1.39. The molecule has 0 bridgehead atoms. The standard InChI is InChI=1S/C23H29N5O3S/c1-6-31-18-12-24-13-23(18,22-25-9-10-32-22)27-19-15(3)26-20(28(4)21(19)29)17-8-7-16(30-5)11-14(17)2/h7-11,18,24,27H,6,12-13H2,1-5H3/t18-,23+/m0/s1. The molecule has 1 aliphatic rings. The van der Waals surface area contributed by atoms with E-state index in [4.69, 9.17) is 14.5 Å². The number of benzene rings is 1. The van der Waals surface area contributed by atoms with Crippen LogP contribution in [0.4, 0.5) is 5.69 Å². The first-order valence-corrected chi connectivity index (χ1v) is 11.5. The van der Waals surface area contributed by atoms with E-state index in [0.29, 0.717) is 36.9 Å². The number of ether oxygens (including phenoxy) is 2. The minimum atomic E-state index is -0.639. The lowest BCUT2D eigenvalue weighted by Gasteiger charge is -2.34. The van der Waals surface area contributed by atoms with Crippen LogP contribution in [0, 0.1) is 13.8 Å². The Morgan fingerprint density at radius 3 is 2.84 bits per heavy atom. The highest BCUT2D eigenvalue weighted by molar-refractivity contribution is 7.09. The Hall–Kier alpha value is -2.75. The van der Waals surface area contributed by atoms with Crippen molar-refractivity contribution in [2.45, 2.75) is 32.4 Å². The van der Waals surface area contributed by atoms with Gasteiger partial charge in [-0.15, -0.1) is 11.3 Å². The maximum Gasteiger partial charge on any atom is 0.277 e. The third-order valence-electron chi connectivity index (χ3n) is 5.96. The molecule has 8 nitrogen and oxygen atoms in total. The Balaban J connectivity index is 1.80. The van der Waals surface area contributed by atoms with Crippen LogP contribution in [0.15, 0.2) is 34.6 Å². The van der Waals surface area contributed by atoms with E-state index in [2.05, 4.69) is 15.6 Å². The van der Waals surface area contributed by atoms with Crippen molar-refractivity contribution in [1.29, 1.82) is 0 Å². The van der Waals surface area contributed by atoms with E-state index in [1.165, 1.54) is 0 Å². The van der Waals surface area contributed by atoms with Gasteiger partial charge < -0.3 is 20.1 Å². The van der Waals surface area contributed by atoms with Gasteiger partial charge in [0.25, 0.3) is 5.56 Å². The fraction of sp³-hybridized carbons (Fsp3) is 0.435. The van der Waals surface area contributed by atoms with Gasteiger partial charge in [0.15, 0.2) is 0 Å². The van der Waals surface area contributed by atoms with Crippen LogP contribution in [0.3, 0.4) is 0 Å². The highest BCUT2D eigenvalue weighted by Gasteiger charge is 2.48. The topological polar surface area (TPSA) is 90.3 Å². The van der Waals surface area contributed by atoms with Crippen LogP contribution in [0.1, 0.15) is 23.2 Å². The first kappa shape index (κ1) is 22.4. The van der Waals surface area contributed by atoms with Gasteiger partial charge >= 0.3 is 0 Å². The van der Waals surface area contributed by atoms with Gasteiger partial charge in [0, 0.05) is 43.9 Å². The minimum Gasteiger partial charge on any atom is -0.497 e. The molecule has 3 heterocycles. The normalized spacial score (nSPS) is 20.5. The van der Waals surface area contributed by atoms with E-state index >= 15 is 0 Å². The van der Waals surface area contributed by atoms with E-state index in [1.54, 1.807) is 36.3 Å². The van der Waals surface area contributed by atoms with Gasteiger partial charge in [-0.3, -0.25) is 9.36 Å². The number of hydrogen-bond donors (Lipinski definition) is 2. The van der Waals surface area contributed by atoms with Crippen molar-refractivity contribution < 1.29 is 9.47 Å². The molecule has 3 aromatic rings. The number of rotatable bonds is 7. The molecule has 2 aromatic heterocycles. The fourth-order valence-electron chi connectivity index (χ4n) is 4.26. The Morgan fingerprint density at radius 1 is 1.38 bits per heavy atom. The molecule has 0 radical (unpaired) electrons. The highest BCUT2D eigenvalue weighted by Crippen LogP contribution is 2.36. The number of nitrogens with zero attached hydrogens (tertiary/aromatic N) is 3. The molecule has 2 atom stereocenters. The molecular formula is C23H29N5O3S. The van der Waals surface area contributed by atoms with E-state index in [1.807, 2.05) is 44.4 Å². The molecule has 0 amide bonds. The predicted molar refractivity (Wildman–Crippen MR) is 127 cm³/mol. The molecule has 0 saturated carbocycles. The van der Waals surface area contributed by atoms with Crippen LogP contribution < -0.4 is 20.9 Å². The fourth-order valence-corrected chi connectivity index (χ4v) is 5.09. The Labute approximate surface area is 191 Å². The molecule has 1 aromatic carbocycles. The summed E-state index contributed by atoms with van der Waals surface area (Å²) in [6.07, 6.45) is 1.62. The third-order valence-corrected chi connectivity index (χ3v) is 6.91. The molecule has 9 heteroatoms. The monoisotopic (exact) mass is 455 g/mol. The maximum absolute atomic E-state index is 13.5. The summed E-state index contributed by atoms with van der Waals surface area (Å²) < 4.78 is 13.0. The number of anilines is 1. The number of aromatic nitrogens is 3. The number of nitrogens with one attached hydrogen (secondary N) is 2. The summed E-state index contributed by atoms with van der Waals surface area (Å²) >= 11 is 1.55. The summed E-state index contributed by atoms with van der Waals surface area (Å²) in [6.45, 7) is 7.68. The van der Waals surface area contributed by atoms with Gasteiger partial charge in [-0.05, 0) is 44.5 Å². The summed E-state index contributed by atoms with van der Waals surface area (Å²) in [7, 11) is 3.39. The summed E-state index contributed by atoms with van der Waals surface area (Å²) in [4.78, 5) is 22.9. The smallest absolute Gasteiger partial charge is 0.277 e. The van der Waals surface area contributed by atoms with Crippen LogP contribution >= 0.6 is 11.3 Å². The second-order valence-electron chi connectivity index (χ2n) is 7.95. The van der Waals surface area contributed by atoms with Gasteiger partial charge in [-0.2, -0.15) is 0 Å². The van der Waals surface area contributed by atoms with Crippen LogP contribution in [0.2, 0.25) is 0 Å². The summed E-state index contributed by atoms with van der Waals surface area (Å²) in [6, 6.07) is 5.76. The lowest BCUT2D eigenvalue weighted by atomic mass is 9.95. The van der Waals surface area contributed by atoms with Crippen molar-refractivity contribution in [3.63, 3.8) is 0 Å².